The van der Waals surface area contributed by atoms with Gasteiger partial charge in [0.25, 0.3) is 5.91 Å². The Bertz CT molecular complexity index is 1150. The lowest BCUT2D eigenvalue weighted by molar-refractivity contribution is -0.144. The second kappa shape index (κ2) is 22.1. The number of aliphatic hydroxyl groups excluding tert-OH is 1. The van der Waals surface area contributed by atoms with Gasteiger partial charge in [-0.25, -0.2) is 4.79 Å². The molecule has 50 heavy (non-hydrogen) atoms. The third-order valence-electron chi connectivity index (χ3n) is 8.97. The predicted molar refractivity (Wildman–Crippen MR) is 195 cm³/mol. The van der Waals surface area contributed by atoms with Crippen LogP contribution in [0.15, 0.2) is 24.3 Å². The smallest absolute Gasteiger partial charge is 0.407 e. The number of hydrogen-bond donors (Lipinski definition) is 4. The summed E-state index contributed by atoms with van der Waals surface area (Å²) >= 11 is 0. The zero-order chi connectivity index (χ0) is 37.3. The second-order valence-electron chi connectivity index (χ2n) is 15.0. The van der Waals surface area contributed by atoms with Gasteiger partial charge in [-0.05, 0) is 82.8 Å². The molecule has 3 amide bonds. The number of carbonyl (C=O) groups is 3. The van der Waals surface area contributed by atoms with E-state index in [9.17, 15) is 19.5 Å². The molecule has 1 heterocycles. The second-order valence-corrected chi connectivity index (χ2v) is 15.0. The summed E-state index contributed by atoms with van der Waals surface area (Å²) in [5.74, 6) is -0.382. The van der Waals surface area contributed by atoms with Crippen LogP contribution in [0.4, 0.5) is 4.79 Å². The molecule has 2 rings (SSSR count). The van der Waals surface area contributed by atoms with Gasteiger partial charge in [0.2, 0.25) is 5.91 Å². The van der Waals surface area contributed by atoms with E-state index in [0.29, 0.717) is 63.8 Å². The van der Waals surface area contributed by atoms with E-state index in [1.54, 1.807) is 46.1 Å². The molecule has 0 bridgehead atoms. The average molecular weight is 707 g/mol. The number of benzene rings is 1. The zero-order valence-electron chi connectivity index (χ0n) is 32.1. The molecule has 1 fully saturated rings. The van der Waals surface area contributed by atoms with Crippen LogP contribution in [0.3, 0.4) is 0 Å². The molecule has 0 spiro atoms. The number of aliphatic hydroxyl groups is 1. The van der Waals surface area contributed by atoms with Gasteiger partial charge in [0.05, 0.1) is 37.5 Å². The van der Waals surface area contributed by atoms with Crippen LogP contribution < -0.4 is 20.7 Å². The topological polar surface area (TPSA) is 148 Å². The Balaban J connectivity index is 2.24. The number of ether oxygens (including phenoxy) is 4. The molecule has 1 unspecified atom stereocenters. The van der Waals surface area contributed by atoms with E-state index < -0.39 is 29.8 Å². The van der Waals surface area contributed by atoms with Crippen LogP contribution in [-0.4, -0.2) is 105 Å². The molecule has 12 nitrogen and oxygen atoms in total. The van der Waals surface area contributed by atoms with E-state index in [4.69, 9.17) is 18.9 Å². The molecule has 4 N–H and O–H groups in total. The predicted octanol–water partition coefficient (Wildman–Crippen LogP) is 4.99. The lowest BCUT2D eigenvalue weighted by Gasteiger charge is -2.39. The number of hydrogen-bond acceptors (Lipinski definition) is 9. The highest BCUT2D eigenvalue weighted by molar-refractivity contribution is 5.96. The molecule has 1 aliphatic heterocycles. The number of nitrogens with zero attached hydrogens (tertiary/aromatic N) is 1. The molecule has 12 heteroatoms. The van der Waals surface area contributed by atoms with E-state index in [1.165, 1.54) is 0 Å². The van der Waals surface area contributed by atoms with Gasteiger partial charge in [0.1, 0.15) is 17.5 Å². The van der Waals surface area contributed by atoms with Crippen molar-refractivity contribution in [3.8, 4) is 5.75 Å². The largest absolute Gasteiger partial charge is 0.493 e. The molecule has 0 aromatic heterocycles. The molecule has 286 valence electrons. The Morgan fingerprint density at radius 1 is 1.06 bits per heavy atom. The van der Waals surface area contributed by atoms with Crippen molar-refractivity contribution in [3.63, 3.8) is 0 Å². The summed E-state index contributed by atoms with van der Waals surface area (Å²) in [6, 6.07) is 6.42. The van der Waals surface area contributed by atoms with E-state index >= 15 is 0 Å². The van der Waals surface area contributed by atoms with Gasteiger partial charge in [-0.1, -0.05) is 46.8 Å². The van der Waals surface area contributed by atoms with Crippen molar-refractivity contribution in [2.45, 2.75) is 111 Å². The van der Waals surface area contributed by atoms with Crippen molar-refractivity contribution in [1.29, 1.82) is 0 Å². The van der Waals surface area contributed by atoms with E-state index in [1.807, 2.05) is 45.6 Å². The van der Waals surface area contributed by atoms with E-state index in [0.717, 1.165) is 19.3 Å². The minimum Gasteiger partial charge on any atom is -0.493 e. The van der Waals surface area contributed by atoms with Crippen LogP contribution in [0.25, 0.3) is 0 Å². The quantitative estimate of drug-likeness (QED) is 0.130. The van der Waals surface area contributed by atoms with Crippen molar-refractivity contribution >= 4 is 17.9 Å². The van der Waals surface area contributed by atoms with Crippen LogP contribution in [0.5, 0.6) is 5.75 Å². The number of para-hydroxylation sites is 1. The van der Waals surface area contributed by atoms with Crippen LogP contribution in [0.1, 0.15) is 97.9 Å². The number of methoxy groups -OCH3 is 1. The average Bonchev–Trinajstić information content (AvgIpc) is 3.06. The van der Waals surface area contributed by atoms with Gasteiger partial charge in [-0.15, -0.1) is 0 Å². The number of amides is 3. The number of rotatable bonds is 21. The SMILES string of the molecule is CCCN(C(=O)[C@@H](C[C@H](O)[C@H](C[C@H](CNC(=O)c1ccccc1OCCCCOC)C(C)C)NC(=O)OC(C)(C)C)C(C)C)C1COCCN1. The first-order chi connectivity index (χ1) is 23.7. The van der Waals surface area contributed by atoms with Crippen molar-refractivity contribution in [3.05, 3.63) is 29.8 Å². The number of unbranched alkanes of at least 4 members (excludes halogenated alkanes) is 1. The summed E-state index contributed by atoms with van der Waals surface area (Å²) in [6.45, 7) is 19.1. The highest BCUT2D eigenvalue weighted by atomic mass is 16.6. The van der Waals surface area contributed by atoms with Crippen LogP contribution >= 0.6 is 0 Å². The number of alkyl carbamates (subject to hydrolysis) is 1. The van der Waals surface area contributed by atoms with E-state index in [2.05, 4.69) is 16.0 Å². The number of nitrogens with one attached hydrogen (secondary N) is 3. The third-order valence-corrected chi connectivity index (χ3v) is 8.97. The fraction of sp³-hybridized carbons (Fsp3) is 0.763. The zero-order valence-corrected chi connectivity index (χ0v) is 32.1. The normalized spacial score (nSPS) is 17.5. The maximum Gasteiger partial charge on any atom is 0.407 e. The van der Waals surface area contributed by atoms with Gasteiger partial charge < -0.3 is 39.6 Å². The number of carbonyl (C=O) groups excluding carboxylic acids is 3. The first kappa shape index (κ1) is 43.2. The van der Waals surface area contributed by atoms with E-state index in [-0.39, 0.29) is 42.2 Å². The van der Waals surface area contributed by atoms with Crippen molar-refractivity contribution in [2.75, 3.05) is 53.2 Å². The summed E-state index contributed by atoms with van der Waals surface area (Å²) in [4.78, 5) is 42.4. The van der Waals surface area contributed by atoms with Gasteiger partial charge in [-0.3, -0.25) is 14.9 Å². The van der Waals surface area contributed by atoms with Crippen molar-refractivity contribution in [1.82, 2.24) is 20.9 Å². The van der Waals surface area contributed by atoms with Gasteiger partial charge in [0.15, 0.2) is 0 Å². The molecule has 1 saturated heterocycles. The molecule has 1 aliphatic rings. The summed E-state index contributed by atoms with van der Waals surface area (Å²) < 4.78 is 22.3. The third kappa shape index (κ3) is 15.1. The summed E-state index contributed by atoms with van der Waals surface area (Å²) in [7, 11) is 1.67. The number of morpholine rings is 1. The standard InChI is InChI=1S/C38H66N4O8/c1-10-18-42(34-25-48-21-17-39-34)36(45)30(27(4)5)23-32(43)31(41-37(46)50-38(6,7)8)22-28(26(2)3)24-40-35(44)29-15-11-12-16-33(29)49-20-14-13-19-47-9/h11-12,15-16,26-28,30-32,34,39,43H,10,13-14,17-25H2,1-9H3,(H,40,44)(H,41,46)/t28-,30+,31+,32+,34?/m1/s1. The summed E-state index contributed by atoms with van der Waals surface area (Å²) in [5.41, 5.74) is -0.297. The Morgan fingerprint density at radius 2 is 1.76 bits per heavy atom. The summed E-state index contributed by atoms with van der Waals surface area (Å²) in [6.07, 6.45) is 1.02. The molecule has 1 aromatic carbocycles. The minimum atomic E-state index is -1.05. The molecule has 0 saturated carbocycles. The fourth-order valence-electron chi connectivity index (χ4n) is 6.03. The molecule has 5 atom stereocenters. The maximum atomic E-state index is 14.1. The molecular weight excluding hydrogens is 640 g/mol. The highest BCUT2D eigenvalue weighted by Gasteiger charge is 2.37. The Labute approximate surface area is 300 Å². The molecule has 1 aromatic rings. The first-order valence-electron chi connectivity index (χ1n) is 18.5. The highest BCUT2D eigenvalue weighted by Crippen LogP contribution is 2.27. The molecular formula is C38H66N4O8. The Hall–Kier alpha value is -2.93. The van der Waals surface area contributed by atoms with Gasteiger partial charge in [-0.2, -0.15) is 0 Å². The monoisotopic (exact) mass is 706 g/mol. The Kier molecular flexibility index (Phi) is 19.1. The van der Waals surface area contributed by atoms with Gasteiger partial charge >= 0.3 is 6.09 Å². The maximum absolute atomic E-state index is 14.1. The van der Waals surface area contributed by atoms with Crippen molar-refractivity contribution < 1.29 is 38.4 Å². The van der Waals surface area contributed by atoms with Crippen molar-refractivity contribution in [2.24, 2.45) is 23.7 Å². The lowest BCUT2D eigenvalue weighted by Crippen LogP contribution is -2.57. The lowest BCUT2D eigenvalue weighted by atomic mass is 9.82. The van der Waals surface area contributed by atoms with Crippen LogP contribution in [0.2, 0.25) is 0 Å². The van der Waals surface area contributed by atoms with Crippen LogP contribution in [-0.2, 0) is 19.0 Å². The van der Waals surface area contributed by atoms with Gasteiger partial charge in [0, 0.05) is 39.3 Å². The first-order valence-corrected chi connectivity index (χ1v) is 18.5. The molecule has 0 aliphatic carbocycles. The summed E-state index contributed by atoms with van der Waals surface area (Å²) in [5, 5.41) is 21.2. The fourth-order valence-corrected chi connectivity index (χ4v) is 6.03. The molecule has 0 radical (unpaired) electrons. The van der Waals surface area contributed by atoms with Crippen LogP contribution in [0, 0.1) is 23.7 Å². The Morgan fingerprint density at radius 3 is 2.36 bits per heavy atom. The minimum absolute atomic E-state index is 0.0489.